The molecule has 0 aliphatic rings. The summed E-state index contributed by atoms with van der Waals surface area (Å²) in [5.41, 5.74) is 2.54. The average Bonchev–Trinajstić information content (AvgIpc) is 2.50. The van der Waals surface area contributed by atoms with Gasteiger partial charge in [0, 0.05) is 36.1 Å². The Morgan fingerprint density at radius 2 is 1.88 bits per heavy atom. The van der Waals surface area contributed by atoms with Crippen molar-refractivity contribution in [2.45, 2.75) is 40.7 Å². The average molecular weight is 327 g/mol. The summed E-state index contributed by atoms with van der Waals surface area (Å²) in [6.07, 6.45) is 1.79. The van der Waals surface area contributed by atoms with Crippen molar-refractivity contribution in [1.82, 2.24) is 9.97 Å². The van der Waals surface area contributed by atoms with E-state index in [0.717, 1.165) is 22.8 Å². The molecule has 1 heterocycles. The van der Waals surface area contributed by atoms with Gasteiger partial charge in [0.1, 0.15) is 5.82 Å². The van der Waals surface area contributed by atoms with Gasteiger partial charge in [-0.05, 0) is 38.0 Å². The van der Waals surface area contributed by atoms with Gasteiger partial charge in [0.2, 0.25) is 11.9 Å². The molecule has 0 saturated heterocycles. The lowest BCUT2D eigenvalue weighted by Crippen LogP contribution is -2.23. The molecule has 0 aliphatic heterocycles. The van der Waals surface area contributed by atoms with Crippen molar-refractivity contribution in [2.24, 2.45) is 5.92 Å². The van der Waals surface area contributed by atoms with Gasteiger partial charge in [-0.1, -0.05) is 19.9 Å². The van der Waals surface area contributed by atoms with Gasteiger partial charge in [-0.15, -0.1) is 0 Å². The number of carbonyl (C=O) groups excluding carboxylic acids is 1. The molecule has 0 saturated carbocycles. The zero-order valence-corrected chi connectivity index (χ0v) is 14.8. The fourth-order valence-electron chi connectivity index (χ4n) is 2.02. The van der Waals surface area contributed by atoms with Crippen LogP contribution in [0.3, 0.4) is 0 Å². The molecule has 2 aromatic rings. The number of aromatic nitrogens is 2. The van der Waals surface area contributed by atoms with E-state index in [4.69, 9.17) is 0 Å². The predicted molar refractivity (Wildman–Crippen MR) is 98.7 cm³/mol. The van der Waals surface area contributed by atoms with Gasteiger partial charge in [0.05, 0.1) is 0 Å². The van der Waals surface area contributed by atoms with Crippen LogP contribution in [0.15, 0.2) is 30.5 Å². The Morgan fingerprint density at radius 3 is 2.54 bits per heavy atom. The Hall–Kier alpha value is -2.63. The summed E-state index contributed by atoms with van der Waals surface area (Å²) >= 11 is 0. The van der Waals surface area contributed by atoms with Crippen molar-refractivity contribution in [3.63, 3.8) is 0 Å². The van der Waals surface area contributed by atoms with Crippen molar-refractivity contribution < 1.29 is 4.79 Å². The zero-order chi connectivity index (χ0) is 17.7. The van der Waals surface area contributed by atoms with Crippen LogP contribution < -0.4 is 16.0 Å². The van der Waals surface area contributed by atoms with E-state index in [2.05, 4.69) is 46.7 Å². The monoisotopic (exact) mass is 327 g/mol. The normalized spacial score (nSPS) is 11.9. The van der Waals surface area contributed by atoms with E-state index < -0.39 is 0 Å². The van der Waals surface area contributed by atoms with E-state index in [1.165, 1.54) is 6.92 Å². The van der Waals surface area contributed by atoms with Crippen molar-refractivity contribution in [1.29, 1.82) is 0 Å². The van der Waals surface area contributed by atoms with Gasteiger partial charge in [0.15, 0.2) is 0 Å². The van der Waals surface area contributed by atoms with Crippen molar-refractivity contribution in [3.05, 3.63) is 36.0 Å². The molecule has 0 bridgehead atoms. The molecule has 6 heteroatoms. The number of nitrogens with zero attached hydrogens (tertiary/aromatic N) is 2. The third-order valence-corrected chi connectivity index (χ3v) is 3.77. The molecule has 1 amide bonds. The predicted octanol–water partition coefficient (Wildman–Crippen LogP) is 3.94. The van der Waals surface area contributed by atoms with Crippen LogP contribution in [0.2, 0.25) is 0 Å². The van der Waals surface area contributed by atoms with E-state index in [9.17, 15) is 4.79 Å². The number of anilines is 4. The molecule has 1 aromatic carbocycles. The van der Waals surface area contributed by atoms with E-state index in [1.54, 1.807) is 6.20 Å². The number of benzene rings is 1. The van der Waals surface area contributed by atoms with Gasteiger partial charge in [-0.3, -0.25) is 4.79 Å². The van der Waals surface area contributed by atoms with Crippen LogP contribution in [0.4, 0.5) is 23.1 Å². The minimum absolute atomic E-state index is 0.0977. The smallest absolute Gasteiger partial charge is 0.224 e. The first-order valence-corrected chi connectivity index (χ1v) is 8.10. The molecule has 6 nitrogen and oxygen atoms in total. The van der Waals surface area contributed by atoms with Crippen molar-refractivity contribution in [3.8, 4) is 0 Å². The second kappa shape index (κ2) is 7.77. The second-order valence-electron chi connectivity index (χ2n) is 6.29. The van der Waals surface area contributed by atoms with E-state index in [-0.39, 0.29) is 11.9 Å². The van der Waals surface area contributed by atoms with Crippen LogP contribution in [0.1, 0.15) is 33.3 Å². The number of aryl methyl sites for hydroxylation is 1. The molecule has 0 aliphatic carbocycles. The maximum atomic E-state index is 11.2. The molecular weight excluding hydrogens is 302 g/mol. The minimum Gasteiger partial charge on any atom is -0.351 e. The van der Waals surface area contributed by atoms with E-state index in [1.807, 2.05) is 31.2 Å². The van der Waals surface area contributed by atoms with E-state index >= 15 is 0 Å². The number of rotatable bonds is 6. The molecule has 1 atom stereocenters. The lowest BCUT2D eigenvalue weighted by atomic mass is 10.1. The molecule has 0 spiro atoms. The topological polar surface area (TPSA) is 78.9 Å². The summed E-state index contributed by atoms with van der Waals surface area (Å²) in [6.45, 7) is 9.85. The van der Waals surface area contributed by atoms with Crippen molar-refractivity contribution in [2.75, 3.05) is 16.0 Å². The number of hydrogen-bond acceptors (Lipinski definition) is 5. The Labute approximate surface area is 143 Å². The van der Waals surface area contributed by atoms with Crippen LogP contribution in [-0.2, 0) is 4.79 Å². The highest BCUT2D eigenvalue weighted by atomic mass is 16.1. The fourth-order valence-corrected chi connectivity index (χ4v) is 2.02. The first-order chi connectivity index (χ1) is 11.3. The summed E-state index contributed by atoms with van der Waals surface area (Å²) < 4.78 is 0. The molecule has 1 unspecified atom stereocenters. The molecule has 0 fully saturated rings. The summed E-state index contributed by atoms with van der Waals surface area (Å²) in [7, 11) is 0. The number of carbonyl (C=O) groups is 1. The first-order valence-electron chi connectivity index (χ1n) is 8.10. The third kappa shape index (κ3) is 4.94. The third-order valence-electron chi connectivity index (χ3n) is 3.77. The Kier molecular flexibility index (Phi) is 5.73. The molecule has 1 aromatic heterocycles. The number of amides is 1. The highest BCUT2D eigenvalue weighted by Crippen LogP contribution is 2.22. The lowest BCUT2D eigenvalue weighted by Gasteiger charge is -2.18. The van der Waals surface area contributed by atoms with Crippen LogP contribution >= 0.6 is 0 Å². The summed E-state index contributed by atoms with van der Waals surface area (Å²) in [4.78, 5) is 20.1. The van der Waals surface area contributed by atoms with Gasteiger partial charge in [-0.2, -0.15) is 4.98 Å². The van der Waals surface area contributed by atoms with Crippen LogP contribution in [0, 0.1) is 12.8 Å². The van der Waals surface area contributed by atoms with Gasteiger partial charge in [0.25, 0.3) is 0 Å². The molecule has 2 rings (SSSR count). The number of nitrogens with one attached hydrogen (secondary N) is 3. The minimum atomic E-state index is -0.0977. The maximum Gasteiger partial charge on any atom is 0.224 e. The Morgan fingerprint density at radius 1 is 1.17 bits per heavy atom. The fraction of sp³-hybridized carbons (Fsp3) is 0.389. The summed E-state index contributed by atoms with van der Waals surface area (Å²) in [6, 6.07) is 7.80. The van der Waals surface area contributed by atoms with E-state index in [0.29, 0.717) is 11.9 Å². The van der Waals surface area contributed by atoms with Gasteiger partial charge >= 0.3 is 0 Å². The summed E-state index contributed by atoms with van der Waals surface area (Å²) in [5.74, 6) is 1.73. The second-order valence-corrected chi connectivity index (χ2v) is 6.29. The Bertz CT molecular complexity index is 714. The summed E-state index contributed by atoms with van der Waals surface area (Å²) in [5, 5.41) is 9.37. The van der Waals surface area contributed by atoms with Crippen molar-refractivity contribution >= 4 is 29.0 Å². The van der Waals surface area contributed by atoms with Gasteiger partial charge < -0.3 is 16.0 Å². The molecule has 128 valence electrons. The van der Waals surface area contributed by atoms with Crippen LogP contribution in [0.25, 0.3) is 0 Å². The molecular formula is C18H25N5O. The SMILES string of the molecule is CC(=O)Nc1cccc(Nc2nc(NC(C)C(C)C)ncc2C)c1. The Balaban J connectivity index is 2.18. The largest absolute Gasteiger partial charge is 0.351 e. The standard InChI is InChI=1S/C18H25N5O/c1-11(2)13(4)20-18-19-10-12(3)17(23-18)22-16-8-6-7-15(9-16)21-14(5)24/h6-11,13H,1-5H3,(H,21,24)(H2,19,20,22,23). The first kappa shape index (κ1) is 17.7. The van der Waals surface area contributed by atoms with Gasteiger partial charge in [-0.25, -0.2) is 4.98 Å². The van der Waals surface area contributed by atoms with Crippen LogP contribution in [0.5, 0.6) is 0 Å². The zero-order valence-electron chi connectivity index (χ0n) is 14.8. The molecule has 3 N–H and O–H groups in total. The highest BCUT2D eigenvalue weighted by Gasteiger charge is 2.10. The number of hydrogen-bond donors (Lipinski definition) is 3. The quantitative estimate of drug-likeness (QED) is 0.749. The van der Waals surface area contributed by atoms with Crippen LogP contribution in [-0.4, -0.2) is 21.9 Å². The maximum absolute atomic E-state index is 11.2. The molecule has 0 radical (unpaired) electrons. The lowest BCUT2D eigenvalue weighted by molar-refractivity contribution is -0.114. The highest BCUT2D eigenvalue weighted by molar-refractivity contribution is 5.89. The molecule has 24 heavy (non-hydrogen) atoms.